The molecule has 3 rings (SSSR count). The van der Waals surface area contributed by atoms with Crippen LogP contribution in [-0.2, 0) is 9.53 Å². The quantitative estimate of drug-likeness (QED) is 0.639. The molecule has 5 nitrogen and oxygen atoms in total. The first-order valence-corrected chi connectivity index (χ1v) is 7.43. The maximum atomic E-state index is 12.1. The maximum absolute atomic E-state index is 12.1. The Morgan fingerprint density at radius 2 is 1.88 bits per heavy atom. The van der Waals surface area contributed by atoms with E-state index in [1.54, 1.807) is 38.5 Å². The molecule has 1 heterocycles. The summed E-state index contributed by atoms with van der Waals surface area (Å²) in [6, 6.07) is 13.0. The van der Waals surface area contributed by atoms with Gasteiger partial charge in [0.05, 0.1) is 14.2 Å². The molecule has 0 aromatic heterocycles. The summed E-state index contributed by atoms with van der Waals surface area (Å²) in [5.74, 6) is 1.10. The Labute approximate surface area is 140 Å². The molecule has 0 saturated heterocycles. The van der Waals surface area contributed by atoms with Crippen molar-refractivity contribution >= 4 is 17.9 Å². The number of carbonyl (C=O) groups excluding carboxylic acids is 1. The number of methoxy groups -OCH3 is 2. The van der Waals surface area contributed by atoms with Gasteiger partial charge >= 0.3 is 5.97 Å². The average molecular weight is 323 g/mol. The number of benzene rings is 2. The second kappa shape index (κ2) is 6.58. The maximum Gasteiger partial charge on any atom is 0.363 e. The van der Waals surface area contributed by atoms with E-state index in [0.29, 0.717) is 17.4 Å². The lowest BCUT2D eigenvalue weighted by atomic mass is 10.1. The molecule has 2 aromatic carbocycles. The number of carbonyl (C=O) groups is 1. The number of cyclic esters (lactones) is 1. The third kappa shape index (κ3) is 3.01. The molecule has 0 aliphatic carbocycles. The number of rotatable bonds is 4. The van der Waals surface area contributed by atoms with Gasteiger partial charge < -0.3 is 14.2 Å². The van der Waals surface area contributed by atoms with Crippen LogP contribution in [0.5, 0.6) is 11.5 Å². The number of esters is 1. The van der Waals surface area contributed by atoms with Crippen molar-refractivity contribution in [3.05, 3.63) is 64.9 Å². The minimum absolute atomic E-state index is 0.233. The summed E-state index contributed by atoms with van der Waals surface area (Å²) in [7, 11) is 3.14. The lowest BCUT2D eigenvalue weighted by Crippen LogP contribution is -2.06. The van der Waals surface area contributed by atoms with Gasteiger partial charge in [-0.1, -0.05) is 18.2 Å². The molecule has 5 heteroatoms. The van der Waals surface area contributed by atoms with Gasteiger partial charge in [-0.3, -0.25) is 0 Å². The van der Waals surface area contributed by atoms with Crippen molar-refractivity contribution in [2.75, 3.05) is 14.2 Å². The molecule has 0 N–H and O–H groups in total. The highest BCUT2D eigenvalue weighted by Crippen LogP contribution is 2.28. The zero-order valence-corrected chi connectivity index (χ0v) is 13.7. The van der Waals surface area contributed by atoms with Crippen LogP contribution >= 0.6 is 0 Å². The van der Waals surface area contributed by atoms with Crippen molar-refractivity contribution in [2.24, 2.45) is 4.99 Å². The molecule has 1 aliphatic rings. The van der Waals surface area contributed by atoms with Crippen LogP contribution in [0.15, 0.2) is 53.2 Å². The van der Waals surface area contributed by atoms with Crippen LogP contribution in [0.25, 0.3) is 6.08 Å². The van der Waals surface area contributed by atoms with E-state index in [-0.39, 0.29) is 5.70 Å². The topological polar surface area (TPSA) is 57.1 Å². The first kappa shape index (κ1) is 15.8. The second-order valence-electron chi connectivity index (χ2n) is 5.26. The molecule has 0 saturated carbocycles. The Kier molecular flexibility index (Phi) is 4.33. The van der Waals surface area contributed by atoms with Crippen molar-refractivity contribution in [3.63, 3.8) is 0 Å². The predicted molar refractivity (Wildman–Crippen MR) is 91.3 cm³/mol. The zero-order chi connectivity index (χ0) is 17.1. The third-order valence-corrected chi connectivity index (χ3v) is 3.73. The number of hydrogen-bond acceptors (Lipinski definition) is 5. The molecule has 0 spiro atoms. The van der Waals surface area contributed by atoms with Crippen molar-refractivity contribution in [1.82, 2.24) is 0 Å². The third-order valence-electron chi connectivity index (χ3n) is 3.73. The predicted octanol–water partition coefficient (Wildman–Crippen LogP) is 3.36. The number of hydrogen-bond donors (Lipinski definition) is 0. The summed E-state index contributed by atoms with van der Waals surface area (Å²) >= 11 is 0. The van der Waals surface area contributed by atoms with Crippen LogP contribution in [-0.4, -0.2) is 26.1 Å². The minimum atomic E-state index is -0.480. The lowest BCUT2D eigenvalue weighted by Gasteiger charge is -2.07. The number of aliphatic imine (C=N–C) groups is 1. The van der Waals surface area contributed by atoms with Gasteiger partial charge in [0, 0.05) is 17.2 Å². The molecule has 0 fully saturated rings. The van der Waals surface area contributed by atoms with E-state index < -0.39 is 5.97 Å². The molecular formula is C19H17NO4. The van der Waals surface area contributed by atoms with E-state index in [1.165, 1.54) is 0 Å². The Balaban J connectivity index is 1.99. The molecule has 0 radical (unpaired) electrons. The first-order chi connectivity index (χ1) is 11.6. The summed E-state index contributed by atoms with van der Waals surface area (Å²) < 4.78 is 15.8. The molecular weight excluding hydrogens is 306 g/mol. The zero-order valence-electron chi connectivity index (χ0n) is 13.7. The summed E-state index contributed by atoms with van der Waals surface area (Å²) in [5, 5.41) is 0. The van der Waals surface area contributed by atoms with Crippen molar-refractivity contribution in [3.8, 4) is 11.5 Å². The lowest BCUT2D eigenvalue weighted by molar-refractivity contribution is -0.129. The van der Waals surface area contributed by atoms with E-state index in [9.17, 15) is 4.79 Å². The SMILES string of the molecule is COc1ccc(/C=C2/N=C(c3ccccc3C)OC2=O)c(OC)c1. The standard InChI is InChI=1S/C19H17NO4/c1-12-6-4-5-7-15(12)18-20-16(19(21)24-18)10-13-8-9-14(22-2)11-17(13)23-3/h4-11H,1-3H3/b16-10+. The Hall–Kier alpha value is -3.08. The van der Waals surface area contributed by atoms with Crippen LogP contribution in [0.1, 0.15) is 16.7 Å². The van der Waals surface area contributed by atoms with E-state index >= 15 is 0 Å². The molecule has 1 aliphatic heterocycles. The Morgan fingerprint density at radius 3 is 2.58 bits per heavy atom. The average Bonchev–Trinajstić information content (AvgIpc) is 2.96. The van der Waals surface area contributed by atoms with E-state index in [0.717, 1.165) is 16.7 Å². The Bertz CT molecular complexity index is 852. The fraction of sp³-hybridized carbons (Fsp3) is 0.158. The summed E-state index contributed by atoms with van der Waals surface area (Å²) in [4.78, 5) is 16.5. The van der Waals surface area contributed by atoms with Gasteiger partial charge in [0.15, 0.2) is 5.70 Å². The van der Waals surface area contributed by atoms with Gasteiger partial charge in [-0.2, -0.15) is 0 Å². The van der Waals surface area contributed by atoms with E-state index in [4.69, 9.17) is 14.2 Å². The van der Waals surface area contributed by atoms with Gasteiger partial charge in [0.1, 0.15) is 11.5 Å². The molecule has 0 unspecified atom stereocenters. The second-order valence-corrected chi connectivity index (χ2v) is 5.26. The first-order valence-electron chi connectivity index (χ1n) is 7.43. The van der Waals surface area contributed by atoms with Crippen LogP contribution in [0.3, 0.4) is 0 Å². The van der Waals surface area contributed by atoms with Gasteiger partial charge in [-0.15, -0.1) is 0 Å². The van der Waals surface area contributed by atoms with E-state index in [1.807, 2.05) is 31.2 Å². The molecule has 0 bridgehead atoms. The van der Waals surface area contributed by atoms with Gasteiger partial charge in [0.2, 0.25) is 5.90 Å². The van der Waals surface area contributed by atoms with Crippen molar-refractivity contribution < 1.29 is 19.0 Å². The summed E-state index contributed by atoms with van der Waals surface area (Å²) in [6.45, 7) is 1.94. The normalized spacial score (nSPS) is 15.2. The molecule has 122 valence electrons. The highest BCUT2D eigenvalue weighted by Gasteiger charge is 2.25. The van der Waals surface area contributed by atoms with Crippen LogP contribution in [0.2, 0.25) is 0 Å². The smallest absolute Gasteiger partial charge is 0.363 e. The minimum Gasteiger partial charge on any atom is -0.497 e. The highest BCUT2D eigenvalue weighted by atomic mass is 16.6. The molecule has 0 atom stereocenters. The summed E-state index contributed by atoms with van der Waals surface area (Å²) in [6.07, 6.45) is 1.64. The van der Waals surface area contributed by atoms with Crippen molar-refractivity contribution in [1.29, 1.82) is 0 Å². The monoisotopic (exact) mass is 323 g/mol. The van der Waals surface area contributed by atoms with Crippen LogP contribution in [0.4, 0.5) is 0 Å². The van der Waals surface area contributed by atoms with E-state index in [2.05, 4.69) is 4.99 Å². The fourth-order valence-electron chi connectivity index (χ4n) is 2.42. The number of ether oxygens (including phenoxy) is 3. The fourth-order valence-corrected chi connectivity index (χ4v) is 2.42. The van der Waals surface area contributed by atoms with Gasteiger partial charge in [-0.05, 0) is 36.8 Å². The number of nitrogens with zero attached hydrogens (tertiary/aromatic N) is 1. The largest absolute Gasteiger partial charge is 0.497 e. The number of aryl methyl sites for hydroxylation is 1. The molecule has 24 heavy (non-hydrogen) atoms. The van der Waals surface area contributed by atoms with Crippen molar-refractivity contribution in [2.45, 2.75) is 6.92 Å². The van der Waals surface area contributed by atoms with Gasteiger partial charge in [0.25, 0.3) is 0 Å². The summed E-state index contributed by atoms with van der Waals surface area (Å²) in [5.41, 5.74) is 2.75. The molecule has 2 aromatic rings. The van der Waals surface area contributed by atoms with Gasteiger partial charge in [-0.25, -0.2) is 9.79 Å². The van der Waals surface area contributed by atoms with Crippen LogP contribution < -0.4 is 9.47 Å². The highest BCUT2D eigenvalue weighted by molar-refractivity contribution is 6.13. The van der Waals surface area contributed by atoms with Crippen LogP contribution in [0, 0.1) is 6.92 Å². The molecule has 0 amide bonds. The Morgan fingerprint density at radius 1 is 1.08 bits per heavy atom.